The minimum Gasteiger partial charge on any atom is -0.507 e. The molecule has 14 nitrogen and oxygen atoms in total. The Hall–Kier alpha value is -5.66. The van der Waals surface area contributed by atoms with Gasteiger partial charge in [-0.3, -0.25) is 9.59 Å². The zero-order valence-corrected chi connectivity index (χ0v) is 36.4. The molecular formula is C45H60N2O12. The number of phenolic OH excluding ortho intramolecular Hbond substituents is 2. The van der Waals surface area contributed by atoms with Gasteiger partial charge in [-0.05, 0) is 142 Å². The molecule has 2 aromatic carbocycles. The lowest BCUT2D eigenvalue weighted by Gasteiger charge is -2.54. The van der Waals surface area contributed by atoms with E-state index in [9.17, 15) is 34.2 Å². The number of piperidine rings is 2. The maximum Gasteiger partial charge on any atom is 0.455 e. The molecular weight excluding hydrogens is 760 g/mol. The van der Waals surface area contributed by atoms with E-state index in [4.69, 9.17) is 23.7 Å². The largest absolute Gasteiger partial charge is 0.507 e. The molecule has 0 unspecified atom stereocenters. The highest BCUT2D eigenvalue weighted by Crippen LogP contribution is 2.43. The molecule has 59 heavy (non-hydrogen) atoms. The Bertz CT molecular complexity index is 1860. The summed E-state index contributed by atoms with van der Waals surface area (Å²) in [4.78, 5) is 81.6. The van der Waals surface area contributed by atoms with Crippen LogP contribution in [-0.4, -0.2) is 96.7 Å². The summed E-state index contributed by atoms with van der Waals surface area (Å²) in [6.07, 6.45) is 1.13. The maximum absolute atomic E-state index is 15.0. The predicted molar refractivity (Wildman–Crippen MR) is 220 cm³/mol. The van der Waals surface area contributed by atoms with Crippen molar-refractivity contribution in [1.29, 1.82) is 0 Å². The Morgan fingerprint density at radius 1 is 0.627 bits per heavy atom. The number of hydrogen-bond donors (Lipinski definition) is 2. The van der Waals surface area contributed by atoms with Crippen LogP contribution in [0, 0.1) is 27.7 Å². The highest BCUT2D eigenvalue weighted by molar-refractivity contribution is 6.06. The smallest absolute Gasteiger partial charge is 0.455 e. The van der Waals surface area contributed by atoms with Gasteiger partial charge in [-0.25, -0.2) is 14.4 Å². The fraction of sp³-hybridized carbons (Fsp3) is 0.511. The molecule has 2 saturated heterocycles. The number of hydrogen-bond acceptors (Lipinski definition) is 12. The molecule has 0 aromatic heterocycles. The van der Waals surface area contributed by atoms with E-state index >= 15 is 0 Å². The molecule has 0 aliphatic carbocycles. The predicted octanol–water partition coefficient (Wildman–Crippen LogP) is 6.63. The number of amides is 2. The summed E-state index contributed by atoms with van der Waals surface area (Å²) in [5.74, 6) is -8.03. The number of esters is 3. The first-order valence-electron chi connectivity index (χ1n) is 19.3. The number of likely N-dealkylation sites (tertiary alicyclic amines) is 2. The van der Waals surface area contributed by atoms with E-state index in [0.717, 1.165) is 0 Å². The van der Waals surface area contributed by atoms with Gasteiger partial charge in [-0.15, -0.1) is 0 Å². The van der Waals surface area contributed by atoms with Crippen molar-refractivity contribution in [2.75, 3.05) is 0 Å². The molecule has 0 spiro atoms. The molecule has 0 bridgehead atoms. The van der Waals surface area contributed by atoms with Gasteiger partial charge in [-0.1, -0.05) is 13.2 Å². The van der Waals surface area contributed by atoms with E-state index in [1.807, 2.05) is 62.2 Å². The van der Waals surface area contributed by atoms with Gasteiger partial charge in [-0.2, -0.15) is 0 Å². The van der Waals surface area contributed by atoms with Crippen molar-refractivity contribution in [3.05, 3.63) is 77.4 Å². The summed E-state index contributed by atoms with van der Waals surface area (Å²) in [6.45, 7) is 30.2. The molecule has 2 aliphatic rings. The third kappa shape index (κ3) is 9.80. The minimum absolute atomic E-state index is 0.0547. The van der Waals surface area contributed by atoms with Gasteiger partial charge in [0.05, 0.1) is 5.56 Å². The SMILES string of the molecule is C=CC(=O)N1C(C)(C)CC(OC(=O)C(OC(=O)c2cc(C)c(O)c(C)c2)(Oc2cc(C)c(O)c(C)c2)C(=O)OC2CC(C)(C)N(C(=O)C=C)C(C)(C)C2)CC1(C)C.C=O. The zero-order valence-electron chi connectivity index (χ0n) is 36.4. The number of benzene rings is 2. The van der Waals surface area contributed by atoms with Crippen LogP contribution in [0.5, 0.6) is 17.2 Å². The first-order chi connectivity index (χ1) is 27.1. The molecule has 14 heteroatoms. The molecule has 0 atom stereocenters. The van der Waals surface area contributed by atoms with Gasteiger partial charge in [0.25, 0.3) is 0 Å². The molecule has 2 heterocycles. The van der Waals surface area contributed by atoms with Crippen LogP contribution < -0.4 is 4.74 Å². The average Bonchev–Trinajstić information content (AvgIpc) is 3.10. The summed E-state index contributed by atoms with van der Waals surface area (Å²) in [7, 11) is 0. The van der Waals surface area contributed by atoms with Crippen molar-refractivity contribution in [2.24, 2.45) is 0 Å². The van der Waals surface area contributed by atoms with Crippen LogP contribution in [0.3, 0.4) is 0 Å². The van der Waals surface area contributed by atoms with Gasteiger partial charge in [0, 0.05) is 47.8 Å². The monoisotopic (exact) mass is 820 g/mol. The summed E-state index contributed by atoms with van der Waals surface area (Å²) in [5.41, 5.74) is -2.22. The van der Waals surface area contributed by atoms with E-state index in [2.05, 4.69) is 13.2 Å². The normalized spacial score (nSPS) is 18.3. The van der Waals surface area contributed by atoms with Crippen LogP contribution >= 0.6 is 0 Å². The number of rotatable bonds is 10. The van der Waals surface area contributed by atoms with Crippen molar-refractivity contribution in [3.8, 4) is 17.2 Å². The quantitative estimate of drug-likeness (QED) is 0.0858. The van der Waals surface area contributed by atoms with E-state index in [1.54, 1.807) is 37.5 Å². The Kier molecular flexibility index (Phi) is 14.0. The van der Waals surface area contributed by atoms with Crippen LogP contribution in [0.25, 0.3) is 0 Å². The molecule has 0 saturated carbocycles. The summed E-state index contributed by atoms with van der Waals surface area (Å²) in [5, 5.41) is 21.0. The van der Waals surface area contributed by atoms with Crippen LogP contribution in [0.4, 0.5) is 0 Å². The standard InChI is InChI=1S/C44H58N2O11.CH2O/c1-15-33(47)45-40(7,8)21-31(22-41(45,9)10)54-38(52)44(56-30-19-27(5)36(50)28(6)20-30,57-37(51)29-17-25(3)35(49)26(4)18-29)39(53)55-32-23-42(11,12)46(34(48)16-2)43(13,14)24-32;1-2/h15-20,31-32,49-50H,1-2,21-24H2,3-14H3;1H2. The van der Waals surface area contributed by atoms with Crippen molar-refractivity contribution in [3.63, 3.8) is 0 Å². The number of aromatic hydroxyl groups is 2. The Morgan fingerprint density at radius 2 is 0.932 bits per heavy atom. The van der Waals surface area contributed by atoms with E-state index in [-0.39, 0.29) is 60.3 Å². The molecule has 0 radical (unpaired) electrons. The second-order valence-corrected chi connectivity index (χ2v) is 17.8. The molecule has 2 fully saturated rings. The van der Waals surface area contributed by atoms with E-state index < -0.39 is 58.1 Å². The third-order valence-electron chi connectivity index (χ3n) is 10.9. The van der Waals surface area contributed by atoms with Crippen LogP contribution in [0.1, 0.15) is 114 Å². The highest BCUT2D eigenvalue weighted by atomic mass is 16.8. The van der Waals surface area contributed by atoms with Gasteiger partial charge >= 0.3 is 23.7 Å². The van der Waals surface area contributed by atoms with Gasteiger partial charge in [0.2, 0.25) is 11.8 Å². The van der Waals surface area contributed by atoms with Crippen molar-refractivity contribution in [2.45, 2.75) is 149 Å². The maximum atomic E-state index is 15.0. The number of ether oxygens (including phenoxy) is 4. The summed E-state index contributed by atoms with van der Waals surface area (Å²) < 4.78 is 24.5. The number of carbonyl (C=O) groups is 6. The van der Waals surface area contributed by atoms with E-state index in [1.165, 1.54) is 36.4 Å². The fourth-order valence-corrected chi connectivity index (χ4v) is 9.05. The first kappa shape index (κ1) is 47.7. The number of nitrogens with zero attached hydrogens (tertiary/aromatic N) is 2. The van der Waals surface area contributed by atoms with E-state index in [0.29, 0.717) is 22.3 Å². The number of carbonyl (C=O) groups excluding carboxylic acids is 6. The minimum atomic E-state index is -3.22. The van der Waals surface area contributed by atoms with Crippen molar-refractivity contribution < 1.29 is 57.9 Å². The number of aryl methyl sites for hydroxylation is 4. The average molecular weight is 821 g/mol. The highest BCUT2D eigenvalue weighted by Gasteiger charge is 2.61. The van der Waals surface area contributed by atoms with Gasteiger partial charge < -0.3 is 43.8 Å². The lowest BCUT2D eigenvalue weighted by Crippen LogP contribution is -2.66. The zero-order chi connectivity index (χ0) is 45.2. The Morgan fingerprint density at radius 3 is 1.24 bits per heavy atom. The molecule has 4 rings (SSSR count). The Balaban J connectivity index is 0.00000458. The first-order valence-corrected chi connectivity index (χ1v) is 19.3. The number of phenols is 2. The molecule has 322 valence electrons. The molecule has 2 aliphatic heterocycles. The fourth-order valence-electron chi connectivity index (χ4n) is 9.05. The summed E-state index contributed by atoms with van der Waals surface area (Å²) in [6, 6.07) is 5.43. The molecule has 2 N–H and O–H groups in total. The molecule has 2 aromatic rings. The van der Waals surface area contributed by atoms with Gasteiger partial charge in [0.1, 0.15) is 36.2 Å². The van der Waals surface area contributed by atoms with Gasteiger partial charge in [0.15, 0.2) is 0 Å². The van der Waals surface area contributed by atoms with Crippen LogP contribution in [0.15, 0.2) is 49.6 Å². The van der Waals surface area contributed by atoms with Crippen molar-refractivity contribution in [1.82, 2.24) is 9.80 Å². The topological polar surface area (TPSA) is 186 Å². The lowest BCUT2D eigenvalue weighted by atomic mass is 9.78. The lowest BCUT2D eigenvalue weighted by molar-refractivity contribution is -0.228. The van der Waals surface area contributed by atoms with Crippen LogP contribution in [0.2, 0.25) is 0 Å². The third-order valence-corrected chi connectivity index (χ3v) is 10.9. The van der Waals surface area contributed by atoms with Crippen LogP contribution in [-0.2, 0) is 38.2 Å². The van der Waals surface area contributed by atoms with Crippen molar-refractivity contribution >= 4 is 36.5 Å². The second kappa shape index (κ2) is 17.3. The second-order valence-electron chi connectivity index (χ2n) is 17.8. The Labute approximate surface area is 347 Å². The summed E-state index contributed by atoms with van der Waals surface area (Å²) >= 11 is 0. The molecule has 2 amide bonds.